The molecule has 0 N–H and O–H groups in total. The summed E-state index contributed by atoms with van der Waals surface area (Å²) >= 11 is 0. The molecule has 4 rings (SSSR count). The first kappa shape index (κ1) is 18.1. The number of allylic oxidation sites excluding steroid dienone is 2. The van der Waals surface area contributed by atoms with Gasteiger partial charge in [0.1, 0.15) is 18.8 Å². The third-order valence-corrected chi connectivity index (χ3v) is 5.13. The molecule has 3 heterocycles. The fourth-order valence-corrected chi connectivity index (χ4v) is 3.69. The molecular weight excluding hydrogens is 362 g/mol. The number of esters is 1. The van der Waals surface area contributed by atoms with Crippen LogP contribution in [0.3, 0.4) is 0 Å². The van der Waals surface area contributed by atoms with Gasteiger partial charge in [-0.3, -0.25) is 28.5 Å². The van der Waals surface area contributed by atoms with E-state index in [2.05, 4.69) is 4.98 Å². The average molecular weight is 381 g/mol. The normalized spacial score (nSPS) is 21.2. The van der Waals surface area contributed by atoms with E-state index in [1.54, 1.807) is 12.3 Å². The molecule has 1 saturated heterocycles. The first-order valence-electron chi connectivity index (χ1n) is 9.09. The van der Waals surface area contributed by atoms with Crippen LogP contribution >= 0.6 is 0 Å². The molecule has 1 aliphatic heterocycles. The van der Waals surface area contributed by atoms with E-state index >= 15 is 0 Å². The van der Waals surface area contributed by atoms with E-state index in [1.165, 1.54) is 10.5 Å². The molecule has 144 valence electrons. The van der Waals surface area contributed by atoms with Crippen molar-refractivity contribution in [2.24, 2.45) is 11.8 Å². The van der Waals surface area contributed by atoms with Gasteiger partial charge in [-0.2, -0.15) is 0 Å². The number of aromatic nitrogens is 2. The van der Waals surface area contributed by atoms with E-state index in [0.717, 1.165) is 10.5 Å². The van der Waals surface area contributed by atoms with Crippen LogP contribution in [0.15, 0.2) is 41.3 Å². The molecule has 0 saturated carbocycles. The summed E-state index contributed by atoms with van der Waals surface area (Å²) in [6.45, 7) is 1.24. The Balaban J connectivity index is 1.42. The first-order chi connectivity index (χ1) is 13.4. The third-order valence-electron chi connectivity index (χ3n) is 5.13. The largest absolute Gasteiger partial charge is 0.458 e. The monoisotopic (exact) mass is 381 g/mol. The van der Waals surface area contributed by atoms with E-state index < -0.39 is 12.5 Å². The molecule has 0 aromatic carbocycles. The lowest BCUT2D eigenvalue weighted by Gasteiger charge is -2.14. The van der Waals surface area contributed by atoms with Crippen LogP contribution in [0.2, 0.25) is 0 Å². The van der Waals surface area contributed by atoms with Gasteiger partial charge >= 0.3 is 5.97 Å². The molecule has 2 aromatic heterocycles. The van der Waals surface area contributed by atoms with E-state index in [0.29, 0.717) is 24.2 Å². The standard InChI is InChI=1S/C20H19N3O5/c1-12-6-7-16-21-13(8-17(24)22(16)9-12)11-28-18(25)10-23-19(26)14-4-2-3-5-15(14)20(23)27/h2-3,6-9,14-15H,4-5,10-11H2,1H3/t14-,15+. The summed E-state index contributed by atoms with van der Waals surface area (Å²) in [5, 5.41) is 0. The molecule has 1 aliphatic carbocycles. The lowest BCUT2D eigenvalue weighted by molar-refractivity contribution is -0.153. The second-order valence-electron chi connectivity index (χ2n) is 7.10. The summed E-state index contributed by atoms with van der Waals surface area (Å²) in [7, 11) is 0. The molecule has 8 nitrogen and oxygen atoms in total. The number of imide groups is 1. The van der Waals surface area contributed by atoms with Gasteiger partial charge in [0.25, 0.3) is 5.56 Å². The Morgan fingerprint density at radius 2 is 1.82 bits per heavy atom. The van der Waals surface area contributed by atoms with E-state index in [-0.39, 0.29) is 35.8 Å². The Hall–Kier alpha value is -3.29. The summed E-state index contributed by atoms with van der Waals surface area (Å²) in [6, 6.07) is 4.84. The van der Waals surface area contributed by atoms with Gasteiger partial charge in [-0.1, -0.05) is 18.2 Å². The number of aryl methyl sites for hydroxylation is 1. The van der Waals surface area contributed by atoms with E-state index in [1.807, 2.05) is 25.1 Å². The minimum absolute atomic E-state index is 0.205. The predicted molar refractivity (Wildman–Crippen MR) is 98.1 cm³/mol. The summed E-state index contributed by atoms with van der Waals surface area (Å²) in [6.07, 6.45) is 6.49. The zero-order chi connectivity index (χ0) is 19.8. The van der Waals surface area contributed by atoms with Crippen molar-refractivity contribution in [2.75, 3.05) is 6.54 Å². The van der Waals surface area contributed by atoms with Gasteiger partial charge in [0.15, 0.2) is 0 Å². The smallest absolute Gasteiger partial charge is 0.326 e. The second kappa shape index (κ2) is 7.03. The van der Waals surface area contributed by atoms with Gasteiger partial charge in [-0.15, -0.1) is 0 Å². The Morgan fingerprint density at radius 3 is 2.50 bits per heavy atom. The van der Waals surface area contributed by atoms with Crippen LogP contribution in [0.4, 0.5) is 0 Å². The Labute approximate surface area is 160 Å². The van der Waals surface area contributed by atoms with Crippen molar-refractivity contribution in [3.05, 3.63) is 58.2 Å². The van der Waals surface area contributed by atoms with Gasteiger partial charge in [-0.25, -0.2) is 4.98 Å². The predicted octanol–water partition coefficient (Wildman–Crippen LogP) is 0.997. The minimum Gasteiger partial charge on any atom is -0.458 e. The number of carbonyl (C=O) groups is 3. The second-order valence-corrected chi connectivity index (χ2v) is 7.10. The lowest BCUT2D eigenvalue weighted by atomic mass is 9.85. The highest BCUT2D eigenvalue weighted by Crippen LogP contribution is 2.34. The maximum atomic E-state index is 12.4. The molecule has 1 fully saturated rings. The molecule has 2 amide bonds. The van der Waals surface area contributed by atoms with Gasteiger partial charge in [0, 0.05) is 12.3 Å². The highest BCUT2D eigenvalue weighted by atomic mass is 16.5. The molecule has 0 unspecified atom stereocenters. The zero-order valence-electron chi connectivity index (χ0n) is 15.3. The maximum absolute atomic E-state index is 12.4. The van der Waals surface area contributed by atoms with Crippen molar-refractivity contribution in [3.8, 4) is 0 Å². The topological polar surface area (TPSA) is 98.0 Å². The molecule has 0 bridgehead atoms. The molecule has 0 spiro atoms. The number of rotatable bonds is 4. The van der Waals surface area contributed by atoms with Crippen LogP contribution < -0.4 is 5.56 Å². The average Bonchev–Trinajstić information content (AvgIpc) is 2.92. The van der Waals surface area contributed by atoms with Crippen LogP contribution in [0.5, 0.6) is 0 Å². The molecule has 28 heavy (non-hydrogen) atoms. The van der Waals surface area contributed by atoms with Crippen molar-refractivity contribution in [3.63, 3.8) is 0 Å². The summed E-state index contributed by atoms with van der Waals surface area (Å²) < 4.78 is 6.57. The number of pyridine rings is 1. The highest BCUT2D eigenvalue weighted by Gasteiger charge is 2.47. The summed E-state index contributed by atoms with van der Waals surface area (Å²) in [4.78, 5) is 54.4. The van der Waals surface area contributed by atoms with E-state index in [9.17, 15) is 19.2 Å². The Kier molecular flexibility index (Phi) is 4.54. The molecule has 2 atom stereocenters. The van der Waals surface area contributed by atoms with Crippen LogP contribution in [0.25, 0.3) is 5.65 Å². The number of ether oxygens (including phenoxy) is 1. The van der Waals surface area contributed by atoms with Crippen molar-refractivity contribution in [1.29, 1.82) is 0 Å². The molecule has 2 aliphatic rings. The van der Waals surface area contributed by atoms with Gasteiger partial charge in [0.2, 0.25) is 11.8 Å². The zero-order valence-corrected chi connectivity index (χ0v) is 15.3. The van der Waals surface area contributed by atoms with Crippen molar-refractivity contribution in [2.45, 2.75) is 26.4 Å². The Bertz CT molecular complexity index is 1050. The highest BCUT2D eigenvalue weighted by molar-refractivity contribution is 6.07. The SMILES string of the molecule is Cc1ccc2nc(COC(=O)CN3C(=O)[C@H]4CC=CC[C@H]4C3=O)cc(=O)n2c1. The summed E-state index contributed by atoms with van der Waals surface area (Å²) in [5.74, 6) is -2.12. The number of hydrogen-bond donors (Lipinski definition) is 0. The Morgan fingerprint density at radius 1 is 1.14 bits per heavy atom. The van der Waals surface area contributed by atoms with Crippen molar-refractivity contribution < 1.29 is 19.1 Å². The van der Waals surface area contributed by atoms with Crippen LogP contribution in [0.1, 0.15) is 24.1 Å². The summed E-state index contributed by atoms with van der Waals surface area (Å²) in [5.41, 5.74) is 1.40. The fraction of sp³-hybridized carbons (Fsp3) is 0.350. The molecule has 2 aromatic rings. The van der Waals surface area contributed by atoms with E-state index in [4.69, 9.17) is 4.74 Å². The number of carbonyl (C=O) groups excluding carboxylic acids is 3. The minimum atomic E-state index is -0.709. The number of hydrogen-bond acceptors (Lipinski definition) is 6. The van der Waals surface area contributed by atoms with Crippen molar-refractivity contribution in [1.82, 2.24) is 14.3 Å². The molecular formula is C20H19N3O5. The van der Waals surface area contributed by atoms with Crippen molar-refractivity contribution >= 4 is 23.4 Å². The number of likely N-dealkylation sites (tertiary alicyclic amines) is 1. The number of amides is 2. The number of fused-ring (bicyclic) bond motifs is 2. The molecule has 0 radical (unpaired) electrons. The first-order valence-corrected chi connectivity index (χ1v) is 9.09. The molecule has 8 heteroatoms. The van der Waals surface area contributed by atoms with Crippen LogP contribution in [-0.4, -0.2) is 38.6 Å². The maximum Gasteiger partial charge on any atom is 0.326 e. The van der Waals surface area contributed by atoms with Gasteiger partial charge in [0.05, 0.1) is 17.5 Å². The van der Waals surface area contributed by atoms with Crippen LogP contribution in [0, 0.1) is 18.8 Å². The number of nitrogens with zero attached hydrogens (tertiary/aromatic N) is 3. The van der Waals surface area contributed by atoms with Crippen LogP contribution in [-0.2, 0) is 25.7 Å². The lowest BCUT2D eigenvalue weighted by Crippen LogP contribution is -2.36. The third kappa shape index (κ3) is 3.21. The quantitative estimate of drug-likeness (QED) is 0.445. The fourth-order valence-electron chi connectivity index (χ4n) is 3.69. The van der Waals surface area contributed by atoms with Gasteiger partial charge in [-0.05, 0) is 31.4 Å². The van der Waals surface area contributed by atoms with Gasteiger partial charge < -0.3 is 4.74 Å².